The van der Waals surface area contributed by atoms with Crippen molar-refractivity contribution in [1.82, 2.24) is 0 Å². The van der Waals surface area contributed by atoms with E-state index in [2.05, 4.69) is 35.7 Å². The van der Waals surface area contributed by atoms with Crippen LogP contribution in [-0.2, 0) is 5.41 Å². The van der Waals surface area contributed by atoms with Crippen molar-refractivity contribution in [1.29, 1.82) is 5.26 Å². The van der Waals surface area contributed by atoms with Gasteiger partial charge in [-0.05, 0) is 55.9 Å². The molecular weight excluding hydrogens is 278 g/mol. The lowest BCUT2D eigenvalue weighted by Gasteiger charge is -2.44. The minimum atomic E-state index is -0.269. The largest absolute Gasteiger partial charge is 0.392 e. The van der Waals surface area contributed by atoms with Crippen LogP contribution in [0.1, 0.15) is 49.8 Å². The zero-order chi connectivity index (χ0) is 14.7. The van der Waals surface area contributed by atoms with E-state index in [-0.39, 0.29) is 17.4 Å². The van der Waals surface area contributed by atoms with E-state index < -0.39 is 0 Å². The summed E-state index contributed by atoms with van der Waals surface area (Å²) in [5, 5.41) is 21.7. The van der Waals surface area contributed by atoms with Crippen molar-refractivity contribution < 1.29 is 5.11 Å². The molecule has 0 spiro atoms. The summed E-state index contributed by atoms with van der Waals surface area (Å²) < 4.78 is 0. The first kappa shape index (κ1) is 14.8. The van der Waals surface area contributed by atoms with E-state index in [0.717, 1.165) is 38.5 Å². The first-order valence-electron chi connectivity index (χ1n) is 8.03. The molecule has 2 aliphatic rings. The van der Waals surface area contributed by atoms with Crippen LogP contribution in [0.3, 0.4) is 0 Å². The minimum Gasteiger partial charge on any atom is -0.392 e. The van der Waals surface area contributed by atoms with E-state index in [1.807, 2.05) is 0 Å². The summed E-state index contributed by atoms with van der Waals surface area (Å²) in [6.45, 7) is 0. The number of hydrogen-bond donors (Lipinski definition) is 1. The number of hydrogen-bond acceptors (Lipinski definition) is 3. The molecule has 1 N–H and O–H groups in total. The fourth-order valence-corrected chi connectivity index (χ4v) is 4.83. The highest BCUT2D eigenvalue weighted by Gasteiger charge is 2.45. The molecule has 1 unspecified atom stereocenters. The molecule has 112 valence electrons. The molecule has 2 aliphatic carbocycles. The molecule has 0 saturated heterocycles. The Bertz CT molecular complexity index is 524. The molecule has 1 aromatic heterocycles. The van der Waals surface area contributed by atoms with Gasteiger partial charge < -0.3 is 5.11 Å². The second-order valence-corrected chi connectivity index (χ2v) is 7.51. The number of aliphatic hydroxyl groups excluding tert-OH is 1. The Morgan fingerprint density at radius 2 is 2.33 bits per heavy atom. The minimum absolute atomic E-state index is 0.0172. The van der Waals surface area contributed by atoms with Crippen LogP contribution in [0.4, 0.5) is 0 Å². The van der Waals surface area contributed by atoms with Gasteiger partial charge in [-0.15, -0.1) is 11.3 Å². The number of nitriles is 1. The van der Waals surface area contributed by atoms with E-state index >= 15 is 0 Å². The smallest absolute Gasteiger partial charge is 0.0679 e. The Morgan fingerprint density at radius 3 is 2.90 bits per heavy atom. The van der Waals surface area contributed by atoms with Gasteiger partial charge in [0, 0.05) is 16.2 Å². The third-order valence-electron chi connectivity index (χ3n) is 5.32. The van der Waals surface area contributed by atoms with Crippen molar-refractivity contribution in [2.75, 3.05) is 0 Å². The Labute approximate surface area is 131 Å². The maximum Gasteiger partial charge on any atom is 0.0679 e. The third kappa shape index (κ3) is 2.93. The van der Waals surface area contributed by atoms with E-state index in [1.165, 1.54) is 11.3 Å². The lowest BCUT2D eigenvalue weighted by Crippen LogP contribution is -2.44. The van der Waals surface area contributed by atoms with Crippen LogP contribution in [0, 0.1) is 23.2 Å². The van der Waals surface area contributed by atoms with Gasteiger partial charge in [-0.2, -0.15) is 5.26 Å². The van der Waals surface area contributed by atoms with Crippen LogP contribution in [0.15, 0.2) is 29.7 Å². The Balaban J connectivity index is 1.57. The molecule has 21 heavy (non-hydrogen) atoms. The van der Waals surface area contributed by atoms with Crippen LogP contribution < -0.4 is 0 Å². The zero-order valence-corrected chi connectivity index (χ0v) is 13.2. The third-order valence-corrected chi connectivity index (χ3v) is 6.41. The molecule has 3 heteroatoms. The second kappa shape index (κ2) is 6.34. The fourth-order valence-electron chi connectivity index (χ4n) is 3.80. The number of aliphatic hydroxyl groups is 1. The van der Waals surface area contributed by atoms with Crippen molar-refractivity contribution in [3.63, 3.8) is 0 Å². The van der Waals surface area contributed by atoms with Crippen molar-refractivity contribution in [2.24, 2.45) is 11.8 Å². The number of nitrogens with zero attached hydrogens (tertiary/aromatic N) is 1. The highest BCUT2D eigenvalue weighted by molar-refractivity contribution is 7.10. The van der Waals surface area contributed by atoms with Crippen LogP contribution >= 0.6 is 11.3 Å². The average Bonchev–Trinajstić information content (AvgIpc) is 3.09. The molecule has 3 rings (SSSR count). The van der Waals surface area contributed by atoms with Crippen LogP contribution in [0.25, 0.3) is 0 Å². The molecule has 1 heterocycles. The highest BCUT2D eigenvalue weighted by Crippen LogP contribution is 2.49. The molecular formula is C18H23NOS. The van der Waals surface area contributed by atoms with Crippen LogP contribution in [-0.4, -0.2) is 11.2 Å². The Morgan fingerprint density at radius 1 is 1.48 bits per heavy atom. The topological polar surface area (TPSA) is 44.0 Å². The van der Waals surface area contributed by atoms with Gasteiger partial charge in [0.1, 0.15) is 0 Å². The van der Waals surface area contributed by atoms with E-state index in [1.54, 1.807) is 11.3 Å². The first-order valence-corrected chi connectivity index (χ1v) is 8.91. The molecule has 0 aliphatic heterocycles. The molecule has 2 nitrogen and oxygen atoms in total. The van der Waals surface area contributed by atoms with Gasteiger partial charge in [-0.25, -0.2) is 0 Å². The Kier molecular flexibility index (Phi) is 4.47. The number of rotatable bonds is 5. The van der Waals surface area contributed by atoms with E-state index in [9.17, 15) is 5.11 Å². The summed E-state index contributed by atoms with van der Waals surface area (Å²) in [6.07, 6.45) is 11.5. The highest BCUT2D eigenvalue weighted by atomic mass is 32.1. The summed E-state index contributed by atoms with van der Waals surface area (Å²) in [6, 6.07) is 6.63. The summed E-state index contributed by atoms with van der Waals surface area (Å²) in [7, 11) is 0. The predicted molar refractivity (Wildman–Crippen MR) is 86.1 cm³/mol. The summed E-state index contributed by atoms with van der Waals surface area (Å²) in [4.78, 5) is 1.35. The van der Waals surface area contributed by atoms with Gasteiger partial charge in [0.2, 0.25) is 0 Å². The van der Waals surface area contributed by atoms with Gasteiger partial charge in [0.15, 0.2) is 0 Å². The van der Waals surface area contributed by atoms with Crippen LogP contribution in [0.5, 0.6) is 0 Å². The summed E-state index contributed by atoms with van der Waals surface area (Å²) >= 11 is 1.78. The molecule has 0 bridgehead atoms. The molecule has 0 radical (unpaired) electrons. The molecule has 2 fully saturated rings. The number of thiophene rings is 1. The van der Waals surface area contributed by atoms with E-state index in [0.29, 0.717) is 5.92 Å². The van der Waals surface area contributed by atoms with Crippen molar-refractivity contribution >= 4 is 11.3 Å². The summed E-state index contributed by atoms with van der Waals surface area (Å²) in [5.74, 6) is 0.787. The van der Waals surface area contributed by atoms with Gasteiger partial charge >= 0.3 is 0 Å². The van der Waals surface area contributed by atoms with Gasteiger partial charge in [-0.1, -0.05) is 24.6 Å². The first-order chi connectivity index (χ1) is 10.2. The second-order valence-electron chi connectivity index (χ2n) is 6.57. The predicted octanol–water partition coefficient (Wildman–Crippen LogP) is 4.42. The Hall–Kier alpha value is -1.11. The van der Waals surface area contributed by atoms with Crippen molar-refractivity contribution in [3.05, 3.63) is 34.5 Å². The fraction of sp³-hybridized carbons (Fsp3) is 0.611. The van der Waals surface area contributed by atoms with Gasteiger partial charge in [0.05, 0.1) is 12.2 Å². The molecule has 0 amide bonds. The maximum absolute atomic E-state index is 10.7. The van der Waals surface area contributed by atoms with Crippen LogP contribution in [0.2, 0.25) is 0 Å². The van der Waals surface area contributed by atoms with Crippen molar-refractivity contribution in [3.8, 4) is 6.07 Å². The molecule has 0 aromatic carbocycles. The average molecular weight is 301 g/mol. The van der Waals surface area contributed by atoms with Gasteiger partial charge in [0.25, 0.3) is 0 Å². The number of allylic oxidation sites excluding steroid dienone is 1. The quantitative estimate of drug-likeness (QED) is 0.818. The zero-order valence-electron chi connectivity index (χ0n) is 12.4. The molecule has 2 saturated carbocycles. The standard InChI is InChI=1S/C18H23NOS/c19-13-15-8-7-14(12-15)4-1-5-16(20)18(9-3-10-18)17-6-2-11-21-17/h1-2,4,6,11,14-16,20H,3,5,7-10,12H2/b4-1+/t14-,15+,16?/m0/s1. The lowest BCUT2D eigenvalue weighted by molar-refractivity contribution is 0.0328. The SMILES string of the molecule is N#C[C@@H]1CC[C@H](/C=C/CC(O)C2(c3cccs3)CCC2)C1. The lowest BCUT2D eigenvalue weighted by atomic mass is 9.63. The van der Waals surface area contributed by atoms with Gasteiger partial charge in [-0.3, -0.25) is 0 Å². The summed E-state index contributed by atoms with van der Waals surface area (Å²) in [5.41, 5.74) is 0.0172. The molecule has 1 aromatic rings. The normalized spacial score (nSPS) is 29.1. The van der Waals surface area contributed by atoms with Crippen molar-refractivity contribution in [2.45, 2.75) is 56.5 Å². The van der Waals surface area contributed by atoms with E-state index in [4.69, 9.17) is 5.26 Å². The molecule has 3 atom stereocenters. The maximum atomic E-state index is 10.7. The monoisotopic (exact) mass is 301 g/mol.